The number of nitrogens with one attached hydrogen (secondary N) is 1. The summed E-state index contributed by atoms with van der Waals surface area (Å²) in [6.45, 7) is 5.85. The molecule has 86 valence electrons. The van der Waals surface area contributed by atoms with E-state index in [-0.39, 0.29) is 12.2 Å². The van der Waals surface area contributed by atoms with Gasteiger partial charge in [-0.05, 0) is 32.4 Å². The molecule has 1 unspecified atom stereocenters. The largest absolute Gasteiger partial charge is 0.444 e. The maximum atomic E-state index is 11.5. The van der Waals surface area contributed by atoms with Gasteiger partial charge in [0.2, 0.25) is 0 Å². The number of ether oxygens (including phenoxy) is 1. The van der Waals surface area contributed by atoms with E-state index in [1.807, 2.05) is 4.90 Å². The van der Waals surface area contributed by atoms with E-state index in [0.29, 0.717) is 5.92 Å². The number of hydrogen-bond donors (Lipinski definition) is 1. The number of cyclic esters (lactones) is 1. The predicted octanol–water partition coefficient (Wildman–Crippen LogP) is 1.22. The SMILES string of the molecule is CCCN1CC(C2CCNCC2)OC1=O. The summed E-state index contributed by atoms with van der Waals surface area (Å²) in [5, 5.41) is 3.33. The van der Waals surface area contributed by atoms with Crippen LogP contribution in [0.5, 0.6) is 0 Å². The molecule has 2 aliphatic heterocycles. The highest BCUT2D eigenvalue weighted by Gasteiger charge is 2.36. The van der Waals surface area contributed by atoms with Crippen molar-refractivity contribution in [1.82, 2.24) is 10.2 Å². The average Bonchev–Trinajstić information content (AvgIpc) is 2.63. The van der Waals surface area contributed by atoms with E-state index in [9.17, 15) is 4.79 Å². The summed E-state index contributed by atoms with van der Waals surface area (Å²) < 4.78 is 5.43. The minimum Gasteiger partial charge on any atom is -0.444 e. The monoisotopic (exact) mass is 212 g/mol. The zero-order valence-electron chi connectivity index (χ0n) is 9.37. The fourth-order valence-corrected chi connectivity index (χ4v) is 2.45. The Morgan fingerprint density at radius 2 is 2.20 bits per heavy atom. The van der Waals surface area contributed by atoms with Crippen LogP contribution in [-0.4, -0.2) is 43.3 Å². The first-order valence-corrected chi connectivity index (χ1v) is 5.97. The molecule has 0 bridgehead atoms. The number of nitrogens with zero attached hydrogens (tertiary/aromatic N) is 1. The lowest BCUT2D eigenvalue weighted by Crippen LogP contribution is -2.36. The second-order valence-corrected chi connectivity index (χ2v) is 4.46. The van der Waals surface area contributed by atoms with Gasteiger partial charge in [0.05, 0.1) is 6.54 Å². The van der Waals surface area contributed by atoms with E-state index >= 15 is 0 Å². The summed E-state index contributed by atoms with van der Waals surface area (Å²) in [5.74, 6) is 0.567. The molecule has 2 aliphatic rings. The maximum absolute atomic E-state index is 11.5. The number of hydrogen-bond acceptors (Lipinski definition) is 3. The van der Waals surface area contributed by atoms with Gasteiger partial charge < -0.3 is 15.0 Å². The van der Waals surface area contributed by atoms with Gasteiger partial charge in [-0.1, -0.05) is 6.92 Å². The first-order chi connectivity index (χ1) is 7.31. The summed E-state index contributed by atoms with van der Waals surface area (Å²) in [5.41, 5.74) is 0. The highest BCUT2D eigenvalue weighted by Crippen LogP contribution is 2.24. The first-order valence-electron chi connectivity index (χ1n) is 5.97. The molecule has 4 nitrogen and oxygen atoms in total. The molecule has 1 atom stereocenters. The Labute approximate surface area is 91.0 Å². The van der Waals surface area contributed by atoms with E-state index in [1.165, 1.54) is 0 Å². The van der Waals surface area contributed by atoms with Crippen LogP contribution in [0.1, 0.15) is 26.2 Å². The molecule has 0 aromatic heterocycles. The summed E-state index contributed by atoms with van der Waals surface area (Å²) in [4.78, 5) is 13.3. The lowest BCUT2D eigenvalue weighted by Gasteiger charge is -2.26. The van der Waals surface area contributed by atoms with Crippen LogP contribution in [0.3, 0.4) is 0 Å². The first kappa shape index (κ1) is 10.7. The van der Waals surface area contributed by atoms with Gasteiger partial charge in [-0.2, -0.15) is 0 Å². The third-order valence-electron chi connectivity index (χ3n) is 3.31. The van der Waals surface area contributed by atoms with Gasteiger partial charge in [-0.15, -0.1) is 0 Å². The molecule has 2 saturated heterocycles. The van der Waals surface area contributed by atoms with Gasteiger partial charge >= 0.3 is 6.09 Å². The van der Waals surface area contributed by atoms with E-state index in [2.05, 4.69) is 12.2 Å². The summed E-state index contributed by atoms with van der Waals surface area (Å²) in [7, 11) is 0. The average molecular weight is 212 g/mol. The van der Waals surface area contributed by atoms with Crippen LogP contribution in [0, 0.1) is 5.92 Å². The second-order valence-electron chi connectivity index (χ2n) is 4.46. The Kier molecular flexibility index (Phi) is 3.46. The smallest absolute Gasteiger partial charge is 0.410 e. The quantitative estimate of drug-likeness (QED) is 0.764. The zero-order valence-corrected chi connectivity index (χ0v) is 9.37. The minimum absolute atomic E-state index is 0.111. The fourth-order valence-electron chi connectivity index (χ4n) is 2.45. The standard InChI is InChI=1S/C11H20N2O2/c1-2-7-13-8-10(15-11(13)14)9-3-5-12-6-4-9/h9-10,12H,2-8H2,1H3. The summed E-state index contributed by atoms with van der Waals surface area (Å²) in [6, 6.07) is 0. The highest BCUT2D eigenvalue weighted by molar-refractivity contribution is 5.69. The third-order valence-corrected chi connectivity index (χ3v) is 3.31. The number of piperidine rings is 1. The molecular weight excluding hydrogens is 192 g/mol. The molecule has 15 heavy (non-hydrogen) atoms. The van der Waals surface area contributed by atoms with Crippen molar-refractivity contribution in [2.24, 2.45) is 5.92 Å². The van der Waals surface area contributed by atoms with Crippen molar-refractivity contribution in [3.63, 3.8) is 0 Å². The Hall–Kier alpha value is -0.770. The Bertz CT molecular complexity index is 227. The lowest BCUT2D eigenvalue weighted by atomic mass is 9.92. The molecule has 0 aromatic rings. The van der Waals surface area contributed by atoms with Crippen molar-refractivity contribution in [3.05, 3.63) is 0 Å². The van der Waals surface area contributed by atoms with Crippen LogP contribution in [0.2, 0.25) is 0 Å². The molecule has 1 amide bonds. The maximum Gasteiger partial charge on any atom is 0.410 e. The lowest BCUT2D eigenvalue weighted by molar-refractivity contribution is 0.0906. The molecule has 0 spiro atoms. The third kappa shape index (κ3) is 2.43. The van der Waals surface area contributed by atoms with Gasteiger partial charge in [0.15, 0.2) is 0 Å². The molecule has 0 saturated carbocycles. The molecule has 1 N–H and O–H groups in total. The van der Waals surface area contributed by atoms with Crippen molar-refractivity contribution in [2.45, 2.75) is 32.3 Å². The van der Waals surface area contributed by atoms with E-state index in [1.54, 1.807) is 0 Å². The van der Waals surface area contributed by atoms with Gasteiger partial charge in [0, 0.05) is 12.5 Å². The number of carbonyl (C=O) groups is 1. The minimum atomic E-state index is -0.111. The molecule has 2 heterocycles. The van der Waals surface area contributed by atoms with Crippen LogP contribution < -0.4 is 5.32 Å². The predicted molar refractivity (Wildman–Crippen MR) is 57.7 cm³/mol. The molecule has 4 heteroatoms. The Morgan fingerprint density at radius 1 is 1.47 bits per heavy atom. The van der Waals surface area contributed by atoms with Crippen molar-refractivity contribution in [3.8, 4) is 0 Å². The zero-order chi connectivity index (χ0) is 10.7. The number of amides is 1. The van der Waals surface area contributed by atoms with Crippen molar-refractivity contribution in [2.75, 3.05) is 26.2 Å². The van der Waals surface area contributed by atoms with E-state index < -0.39 is 0 Å². The van der Waals surface area contributed by atoms with Gasteiger partial charge in [0.25, 0.3) is 0 Å². The molecule has 0 radical (unpaired) electrons. The van der Waals surface area contributed by atoms with Crippen molar-refractivity contribution >= 4 is 6.09 Å². The van der Waals surface area contributed by atoms with Gasteiger partial charge in [-0.3, -0.25) is 0 Å². The van der Waals surface area contributed by atoms with Crippen molar-refractivity contribution < 1.29 is 9.53 Å². The highest BCUT2D eigenvalue weighted by atomic mass is 16.6. The summed E-state index contributed by atoms with van der Waals surface area (Å²) >= 11 is 0. The number of rotatable bonds is 3. The van der Waals surface area contributed by atoms with E-state index in [0.717, 1.165) is 45.4 Å². The van der Waals surface area contributed by atoms with E-state index in [4.69, 9.17) is 4.74 Å². The molecular formula is C11H20N2O2. The molecule has 2 rings (SSSR count). The normalized spacial score (nSPS) is 28.2. The van der Waals surface area contributed by atoms with Crippen LogP contribution in [0.4, 0.5) is 4.79 Å². The van der Waals surface area contributed by atoms with Crippen molar-refractivity contribution in [1.29, 1.82) is 0 Å². The fraction of sp³-hybridized carbons (Fsp3) is 0.909. The van der Waals surface area contributed by atoms with Crippen LogP contribution >= 0.6 is 0 Å². The van der Waals surface area contributed by atoms with Gasteiger partial charge in [-0.25, -0.2) is 4.79 Å². The van der Waals surface area contributed by atoms with Crippen LogP contribution in [0.15, 0.2) is 0 Å². The molecule has 0 aliphatic carbocycles. The number of carbonyl (C=O) groups excluding carboxylic acids is 1. The van der Waals surface area contributed by atoms with Crippen LogP contribution in [0.25, 0.3) is 0 Å². The van der Waals surface area contributed by atoms with Crippen LogP contribution in [-0.2, 0) is 4.74 Å². The molecule has 2 fully saturated rings. The Balaban J connectivity index is 1.87. The molecule has 0 aromatic carbocycles. The topological polar surface area (TPSA) is 41.6 Å². The summed E-state index contributed by atoms with van der Waals surface area (Å²) in [6.07, 6.45) is 3.32. The van der Waals surface area contributed by atoms with Gasteiger partial charge in [0.1, 0.15) is 6.10 Å². The Morgan fingerprint density at radius 3 is 2.87 bits per heavy atom. The second kappa shape index (κ2) is 4.84.